The van der Waals surface area contributed by atoms with Crippen LogP contribution >= 0.6 is 0 Å². The Morgan fingerprint density at radius 3 is 3.06 bits per heavy atom. The summed E-state index contributed by atoms with van der Waals surface area (Å²) in [4.78, 5) is 26.2. The van der Waals surface area contributed by atoms with E-state index >= 15 is 0 Å². The van der Waals surface area contributed by atoms with E-state index in [4.69, 9.17) is 9.84 Å². The third-order valence-corrected chi connectivity index (χ3v) is 2.31. The number of carboxylic acids is 1. The average molecular weight is 237 g/mol. The van der Waals surface area contributed by atoms with Crippen LogP contribution in [0.2, 0.25) is 0 Å². The Hall–Kier alpha value is -2.08. The molecule has 0 spiro atoms. The lowest BCUT2D eigenvalue weighted by atomic mass is 10.1. The SMILES string of the molecule is O=C(O)CONC(=O)c1ccc2c(c1)CCO2. The van der Waals surface area contributed by atoms with Crippen molar-refractivity contribution in [2.45, 2.75) is 6.42 Å². The summed E-state index contributed by atoms with van der Waals surface area (Å²) in [6.45, 7) is 0.0513. The van der Waals surface area contributed by atoms with Gasteiger partial charge in [0.2, 0.25) is 0 Å². The lowest BCUT2D eigenvalue weighted by Crippen LogP contribution is -2.26. The lowest BCUT2D eigenvalue weighted by Gasteiger charge is -2.05. The van der Waals surface area contributed by atoms with E-state index in [2.05, 4.69) is 10.3 Å². The van der Waals surface area contributed by atoms with Gasteiger partial charge in [0, 0.05) is 12.0 Å². The zero-order valence-electron chi connectivity index (χ0n) is 8.93. The van der Waals surface area contributed by atoms with Gasteiger partial charge in [-0.1, -0.05) is 0 Å². The Balaban J connectivity index is 1.97. The Labute approximate surface area is 97.1 Å². The highest BCUT2D eigenvalue weighted by Gasteiger charge is 2.15. The second-order valence-electron chi connectivity index (χ2n) is 3.53. The van der Waals surface area contributed by atoms with Gasteiger partial charge in [0.15, 0.2) is 6.61 Å². The predicted octanol–water partition coefficient (Wildman–Crippen LogP) is 0.367. The van der Waals surface area contributed by atoms with Crippen molar-refractivity contribution in [2.75, 3.05) is 13.2 Å². The molecule has 0 fully saturated rings. The van der Waals surface area contributed by atoms with Crippen LogP contribution in [0, 0.1) is 0 Å². The smallest absolute Gasteiger partial charge is 0.332 e. The minimum absolute atomic E-state index is 0.416. The van der Waals surface area contributed by atoms with Crippen molar-refractivity contribution < 1.29 is 24.3 Å². The van der Waals surface area contributed by atoms with Gasteiger partial charge in [-0.3, -0.25) is 9.63 Å². The molecule has 0 saturated heterocycles. The van der Waals surface area contributed by atoms with Crippen LogP contribution in [0.5, 0.6) is 5.75 Å². The quantitative estimate of drug-likeness (QED) is 0.739. The summed E-state index contributed by atoms with van der Waals surface area (Å²) in [5.74, 6) is -0.832. The van der Waals surface area contributed by atoms with Crippen LogP contribution in [0.15, 0.2) is 18.2 Å². The van der Waals surface area contributed by atoms with Gasteiger partial charge >= 0.3 is 5.97 Å². The second-order valence-corrected chi connectivity index (χ2v) is 3.53. The summed E-state index contributed by atoms with van der Waals surface area (Å²) in [7, 11) is 0. The first-order chi connectivity index (χ1) is 8.16. The number of aliphatic carboxylic acids is 1. The Kier molecular flexibility index (Phi) is 3.24. The Morgan fingerprint density at radius 2 is 2.29 bits per heavy atom. The second kappa shape index (κ2) is 4.84. The molecule has 6 heteroatoms. The fraction of sp³-hybridized carbons (Fsp3) is 0.273. The first-order valence-electron chi connectivity index (χ1n) is 5.06. The molecule has 0 radical (unpaired) electrons. The Bertz CT molecular complexity index is 457. The van der Waals surface area contributed by atoms with Crippen molar-refractivity contribution in [3.8, 4) is 5.75 Å². The van der Waals surface area contributed by atoms with Crippen molar-refractivity contribution in [2.24, 2.45) is 0 Å². The number of benzene rings is 1. The van der Waals surface area contributed by atoms with Gasteiger partial charge in [-0.2, -0.15) is 0 Å². The van der Waals surface area contributed by atoms with E-state index in [1.807, 2.05) is 0 Å². The van der Waals surface area contributed by atoms with E-state index in [0.29, 0.717) is 12.2 Å². The summed E-state index contributed by atoms with van der Waals surface area (Å²) in [5.41, 5.74) is 3.45. The lowest BCUT2D eigenvalue weighted by molar-refractivity contribution is -0.144. The van der Waals surface area contributed by atoms with Crippen LogP contribution in [-0.4, -0.2) is 30.2 Å². The van der Waals surface area contributed by atoms with E-state index in [0.717, 1.165) is 17.7 Å². The molecule has 1 amide bonds. The summed E-state index contributed by atoms with van der Waals surface area (Å²) >= 11 is 0. The van der Waals surface area contributed by atoms with Crippen LogP contribution in [0.25, 0.3) is 0 Å². The molecule has 0 aliphatic carbocycles. The number of ether oxygens (including phenoxy) is 1. The van der Waals surface area contributed by atoms with Gasteiger partial charge in [-0.25, -0.2) is 10.3 Å². The maximum absolute atomic E-state index is 11.6. The largest absolute Gasteiger partial charge is 0.493 e. The van der Waals surface area contributed by atoms with Gasteiger partial charge in [0.05, 0.1) is 6.61 Å². The fourth-order valence-electron chi connectivity index (χ4n) is 1.55. The molecule has 2 N–H and O–H groups in total. The molecule has 1 aliphatic heterocycles. The zero-order chi connectivity index (χ0) is 12.3. The van der Waals surface area contributed by atoms with Gasteiger partial charge in [0.25, 0.3) is 5.91 Å². The van der Waals surface area contributed by atoms with Crippen molar-refractivity contribution in [1.82, 2.24) is 5.48 Å². The Morgan fingerprint density at radius 1 is 1.47 bits per heavy atom. The number of amides is 1. The molecular formula is C11H11NO5. The average Bonchev–Trinajstić information content (AvgIpc) is 2.75. The number of nitrogens with one attached hydrogen (secondary N) is 1. The standard InChI is InChI=1S/C11H11NO5/c13-10(14)6-17-12-11(15)8-1-2-9-7(5-8)3-4-16-9/h1-2,5H,3-4,6H2,(H,12,15)(H,13,14). The minimum Gasteiger partial charge on any atom is -0.493 e. The number of hydroxylamine groups is 1. The van der Waals surface area contributed by atoms with E-state index in [1.165, 1.54) is 0 Å². The summed E-state index contributed by atoms with van der Waals surface area (Å²) in [5, 5.41) is 8.33. The molecule has 90 valence electrons. The molecule has 1 heterocycles. The van der Waals surface area contributed by atoms with Gasteiger partial charge in [-0.05, 0) is 23.8 Å². The van der Waals surface area contributed by atoms with Crippen LogP contribution in [0.1, 0.15) is 15.9 Å². The number of carbonyl (C=O) groups excluding carboxylic acids is 1. The molecule has 1 aromatic rings. The van der Waals surface area contributed by atoms with E-state index in [-0.39, 0.29) is 0 Å². The predicted molar refractivity (Wildman–Crippen MR) is 56.7 cm³/mol. The number of carboxylic acid groups (broad SMARTS) is 1. The molecule has 0 unspecified atom stereocenters. The maximum Gasteiger partial charge on any atom is 0.332 e. The fourth-order valence-corrected chi connectivity index (χ4v) is 1.55. The van der Waals surface area contributed by atoms with Crippen molar-refractivity contribution in [3.05, 3.63) is 29.3 Å². The van der Waals surface area contributed by atoms with Crippen LogP contribution in [0.4, 0.5) is 0 Å². The van der Waals surface area contributed by atoms with E-state index < -0.39 is 18.5 Å². The van der Waals surface area contributed by atoms with E-state index in [9.17, 15) is 9.59 Å². The molecule has 0 atom stereocenters. The highest BCUT2D eigenvalue weighted by Crippen LogP contribution is 2.25. The van der Waals surface area contributed by atoms with Crippen LogP contribution < -0.4 is 10.2 Å². The van der Waals surface area contributed by atoms with Crippen molar-refractivity contribution >= 4 is 11.9 Å². The topological polar surface area (TPSA) is 84.9 Å². The highest BCUT2D eigenvalue weighted by atomic mass is 16.7. The first-order valence-corrected chi connectivity index (χ1v) is 5.06. The van der Waals surface area contributed by atoms with Crippen molar-refractivity contribution in [3.63, 3.8) is 0 Å². The third kappa shape index (κ3) is 2.73. The maximum atomic E-state index is 11.6. The van der Waals surface area contributed by atoms with Crippen LogP contribution in [0.3, 0.4) is 0 Å². The van der Waals surface area contributed by atoms with Crippen LogP contribution in [-0.2, 0) is 16.1 Å². The molecule has 0 saturated carbocycles. The number of carbonyl (C=O) groups is 2. The summed E-state index contributed by atoms with van der Waals surface area (Å²) < 4.78 is 5.31. The number of rotatable bonds is 4. The molecule has 1 aromatic carbocycles. The monoisotopic (exact) mass is 237 g/mol. The minimum atomic E-state index is -1.15. The normalized spacial score (nSPS) is 12.7. The molecular weight excluding hydrogens is 226 g/mol. The van der Waals surface area contributed by atoms with Gasteiger partial charge in [-0.15, -0.1) is 0 Å². The van der Waals surface area contributed by atoms with Gasteiger partial charge in [0.1, 0.15) is 5.75 Å². The summed E-state index contributed by atoms with van der Waals surface area (Å²) in [6.07, 6.45) is 0.770. The van der Waals surface area contributed by atoms with Crippen molar-refractivity contribution in [1.29, 1.82) is 0 Å². The first kappa shape index (κ1) is 11.4. The molecule has 6 nitrogen and oxygen atoms in total. The molecule has 0 bridgehead atoms. The molecule has 1 aliphatic rings. The third-order valence-electron chi connectivity index (χ3n) is 2.31. The molecule has 17 heavy (non-hydrogen) atoms. The summed E-state index contributed by atoms with van der Waals surface area (Å²) in [6, 6.07) is 5.03. The number of hydrogen-bond acceptors (Lipinski definition) is 4. The van der Waals surface area contributed by atoms with E-state index in [1.54, 1.807) is 18.2 Å². The molecule has 2 rings (SSSR count). The number of fused-ring (bicyclic) bond motifs is 1. The number of hydrogen-bond donors (Lipinski definition) is 2. The zero-order valence-corrected chi connectivity index (χ0v) is 8.93. The van der Waals surface area contributed by atoms with Gasteiger partial charge < -0.3 is 9.84 Å². The highest BCUT2D eigenvalue weighted by molar-refractivity contribution is 5.94. The molecule has 0 aromatic heterocycles.